The van der Waals surface area contributed by atoms with Gasteiger partial charge in [-0.05, 0) is 13.0 Å². The normalized spacial score (nSPS) is 24.4. The summed E-state index contributed by atoms with van der Waals surface area (Å²) in [5.74, 6) is -0.219. The van der Waals surface area contributed by atoms with Crippen molar-refractivity contribution in [1.29, 1.82) is 0 Å². The lowest BCUT2D eigenvalue weighted by Crippen LogP contribution is -2.72. The fourth-order valence-corrected chi connectivity index (χ4v) is 7.67. The van der Waals surface area contributed by atoms with Gasteiger partial charge in [0.25, 0.3) is 11.5 Å². The maximum Gasteiger partial charge on any atom is 0.324 e. The van der Waals surface area contributed by atoms with E-state index < -0.39 is 11.3 Å². The molecule has 1 fully saturated rings. The number of carbonyl (C=O) groups excluding carboxylic acids is 2. The molecule has 7 rings (SSSR count). The zero-order chi connectivity index (χ0) is 27.8. The number of rotatable bonds is 3. The zero-order valence-electron chi connectivity index (χ0n) is 22.2. The van der Waals surface area contributed by atoms with Crippen LogP contribution < -0.4 is 25.2 Å². The summed E-state index contributed by atoms with van der Waals surface area (Å²) in [5, 5.41) is 4.72. The monoisotopic (exact) mass is 550 g/mol. The van der Waals surface area contributed by atoms with Crippen LogP contribution in [-0.2, 0) is 16.1 Å². The Morgan fingerprint density at radius 2 is 1.45 bits per heavy atom. The lowest BCUT2D eigenvalue weighted by molar-refractivity contribution is -0.113. The van der Waals surface area contributed by atoms with E-state index in [0.717, 1.165) is 33.7 Å². The highest BCUT2D eigenvalue weighted by molar-refractivity contribution is 7.07. The highest BCUT2D eigenvalue weighted by Gasteiger charge is 2.70. The Balaban J connectivity index is 1.65. The Hall–Kier alpha value is -4.70. The molecular weight excluding hydrogens is 524 g/mol. The third-order valence-electron chi connectivity index (χ3n) is 8.32. The summed E-state index contributed by atoms with van der Waals surface area (Å²) in [6.07, 6.45) is 0. The van der Waals surface area contributed by atoms with Gasteiger partial charge in [-0.3, -0.25) is 24.8 Å². The first kappa shape index (κ1) is 24.3. The molecule has 200 valence electrons. The molecule has 3 amide bonds. The summed E-state index contributed by atoms with van der Waals surface area (Å²) in [5.41, 5.74) is 3.67. The van der Waals surface area contributed by atoms with Crippen LogP contribution in [0.1, 0.15) is 23.6 Å². The van der Waals surface area contributed by atoms with Gasteiger partial charge in [-0.25, -0.2) is 9.36 Å². The number of hydrogen-bond donors (Lipinski definition) is 1. The van der Waals surface area contributed by atoms with Gasteiger partial charge in [-0.1, -0.05) is 90.2 Å². The quantitative estimate of drug-likeness (QED) is 0.424. The van der Waals surface area contributed by atoms with E-state index in [1.165, 1.54) is 0 Å². The van der Waals surface area contributed by atoms with E-state index >= 15 is 0 Å². The molecule has 3 aromatic carbocycles. The van der Waals surface area contributed by atoms with Gasteiger partial charge in [-0.15, -0.1) is 5.10 Å². The van der Waals surface area contributed by atoms with Crippen LogP contribution >= 0.6 is 11.3 Å². The van der Waals surface area contributed by atoms with Crippen LogP contribution in [0, 0.1) is 0 Å². The standard InChI is InChI=1S/C30H26N6O3S/c1-4-35-22-18-12-11-17-21(22)23(25(35)37)24-26(38)36-27(40-24)31-32-29(19-13-7-5-8-14-19)30(36,20-15-9-6-10-16-20)34(3)28(39)33(29)2/h5-18,32H,4H2,1-3H3/b24-23-. The number of benzene rings is 3. The summed E-state index contributed by atoms with van der Waals surface area (Å²) in [6, 6.07) is 26.3. The fourth-order valence-electron chi connectivity index (χ4n) is 6.62. The van der Waals surface area contributed by atoms with E-state index in [1.807, 2.05) is 91.9 Å². The number of urea groups is 1. The topological polar surface area (TPSA) is 90.2 Å². The molecule has 0 bridgehead atoms. The summed E-state index contributed by atoms with van der Waals surface area (Å²) in [6.45, 7) is 2.39. The first-order valence-corrected chi connectivity index (χ1v) is 13.9. The summed E-state index contributed by atoms with van der Waals surface area (Å²) >= 11 is 1.16. The molecule has 0 aliphatic carbocycles. The molecule has 1 N–H and O–H groups in total. The van der Waals surface area contributed by atoms with Crippen LogP contribution in [0.5, 0.6) is 0 Å². The first-order chi connectivity index (χ1) is 19.4. The average molecular weight is 551 g/mol. The van der Waals surface area contributed by atoms with Crippen molar-refractivity contribution >= 4 is 34.5 Å². The number of thiazole rings is 1. The Bertz CT molecular complexity index is 1890. The lowest BCUT2D eigenvalue weighted by Gasteiger charge is -2.50. The maximum atomic E-state index is 14.7. The van der Waals surface area contributed by atoms with Crippen molar-refractivity contribution in [1.82, 2.24) is 19.8 Å². The number of fused-ring (bicyclic) bond motifs is 4. The lowest BCUT2D eigenvalue weighted by atomic mass is 9.80. The Kier molecular flexibility index (Phi) is 5.11. The molecule has 0 radical (unpaired) electrons. The highest BCUT2D eigenvalue weighted by atomic mass is 32.1. The van der Waals surface area contributed by atoms with E-state index in [4.69, 9.17) is 5.10 Å². The van der Waals surface area contributed by atoms with Gasteiger partial charge in [0.05, 0.1) is 11.3 Å². The SMILES string of the molecule is CCN1C(=O)/C(=c2\sc3n(c2=O)C2(c4ccccc4)N(C)C(=O)N(C)C2(c2ccccc2)NN=3)c2ccccc21. The molecule has 3 aliphatic rings. The predicted octanol–water partition coefficient (Wildman–Crippen LogP) is 2.16. The third kappa shape index (κ3) is 2.71. The average Bonchev–Trinajstić information content (AvgIpc) is 3.54. The number of anilines is 1. The number of aromatic nitrogens is 1. The van der Waals surface area contributed by atoms with Crippen LogP contribution in [0.2, 0.25) is 0 Å². The highest BCUT2D eigenvalue weighted by Crippen LogP contribution is 2.52. The first-order valence-electron chi connectivity index (χ1n) is 13.0. The second-order valence-electron chi connectivity index (χ2n) is 10.0. The smallest absolute Gasteiger partial charge is 0.308 e. The molecule has 1 aromatic heterocycles. The fraction of sp³-hybridized carbons (Fsp3) is 0.200. The van der Waals surface area contributed by atoms with Crippen molar-refractivity contribution in [2.75, 3.05) is 25.5 Å². The van der Waals surface area contributed by atoms with Crippen LogP contribution in [0.3, 0.4) is 0 Å². The van der Waals surface area contributed by atoms with Gasteiger partial charge < -0.3 is 4.90 Å². The predicted molar refractivity (Wildman–Crippen MR) is 152 cm³/mol. The number of carbonyl (C=O) groups is 2. The molecule has 40 heavy (non-hydrogen) atoms. The van der Waals surface area contributed by atoms with Crippen molar-refractivity contribution in [3.63, 3.8) is 0 Å². The van der Waals surface area contributed by atoms with Gasteiger partial charge in [0.15, 0.2) is 0 Å². The second-order valence-corrected chi connectivity index (χ2v) is 11.0. The number of hydrogen-bond acceptors (Lipinski definition) is 6. The molecule has 0 saturated carbocycles. The summed E-state index contributed by atoms with van der Waals surface area (Å²) in [4.78, 5) is 47.6. The molecule has 3 aliphatic heterocycles. The third-order valence-corrected chi connectivity index (χ3v) is 9.36. The molecule has 0 spiro atoms. The van der Waals surface area contributed by atoms with Crippen molar-refractivity contribution in [2.24, 2.45) is 5.10 Å². The largest absolute Gasteiger partial charge is 0.324 e. The minimum atomic E-state index is -1.36. The van der Waals surface area contributed by atoms with Gasteiger partial charge in [0.2, 0.25) is 16.1 Å². The van der Waals surface area contributed by atoms with Crippen LogP contribution in [-0.4, -0.2) is 46.9 Å². The number of para-hydroxylation sites is 1. The van der Waals surface area contributed by atoms with Gasteiger partial charge in [0, 0.05) is 37.3 Å². The molecule has 4 aromatic rings. The van der Waals surface area contributed by atoms with E-state index in [0.29, 0.717) is 21.5 Å². The van der Waals surface area contributed by atoms with Crippen LogP contribution in [0.25, 0.3) is 5.57 Å². The van der Waals surface area contributed by atoms with E-state index in [9.17, 15) is 14.4 Å². The van der Waals surface area contributed by atoms with E-state index in [1.54, 1.807) is 33.4 Å². The van der Waals surface area contributed by atoms with Crippen LogP contribution in [0.4, 0.5) is 10.5 Å². The van der Waals surface area contributed by atoms with Crippen molar-refractivity contribution in [3.05, 3.63) is 121 Å². The Morgan fingerprint density at radius 1 is 0.825 bits per heavy atom. The maximum absolute atomic E-state index is 14.7. The molecule has 1 saturated heterocycles. The molecule has 2 atom stereocenters. The zero-order valence-corrected chi connectivity index (χ0v) is 23.0. The Labute approximate surface area is 233 Å². The molecule has 4 heterocycles. The van der Waals surface area contributed by atoms with E-state index in [-0.39, 0.29) is 17.5 Å². The van der Waals surface area contributed by atoms with Crippen molar-refractivity contribution in [2.45, 2.75) is 18.2 Å². The number of likely N-dealkylation sites (N-methyl/N-ethyl adjacent to an activating group) is 3. The van der Waals surface area contributed by atoms with Gasteiger partial charge in [-0.2, -0.15) is 0 Å². The molecule has 10 heteroatoms. The number of amides is 3. The Morgan fingerprint density at radius 3 is 2.12 bits per heavy atom. The molecular formula is C30H26N6O3S. The van der Waals surface area contributed by atoms with Gasteiger partial charge >= 0.3 is 6.03 Å². The van der Waals surface area contributed by atoms with Gasteiger partial charge in [0.1, 0.15) is 4.53 Å². The minimum Gasteiger partial charge on any atom is -0.308 e. The number of nitrogens with zero attached hydrogens (tertiary/aromatic N) is 5. The molecule has 9 nitrogen and oxygen atoms in total. The second kappa shape index (κ2) is 8.40. The van der Waals surface area contributed by atoms with E-state index in [2.05, 4.69) is 5.43 Å². The molecule has 2 unspecified atom stereocenters. The van der Waals surface area contributed by atoms with Crippen molar-refractivity contribution < 1.29 is 9.59 Å². The van der Waals surface area contributed by atoms with Crippen LogP contribution in [0.15, 0.2) is 94.8 Å². The number of nitrogens with one attached hydrogen (secondary N) is 1. The summed E-state index contributed by atoms with van der Waals surface area (Å²) in [7, 11) is 3.42. The van der Waals surface area contributed by atoms with Crippen molar-refractivity contribution in [3.8, 4) is 0 Å². The summed E-state index contributed by atoms with van der Waals surface area (Å²) < 4.78 is 1.90. The minimum absolute atomic E-state index is 0.219.